The van der Waals surface area contributed by atoms with Crippen LogP contribution in [0.15, 0.2) is 77.3 Å². The molecule has 3 N–H and O–H groups in total. The van der Waals surface area contributed by atoms with Crippen LogP contribution in [0.4, 0.5) is 5.69 Å². The van der Waals surface area contributed by atoms with Crippen molar-refractivity contribution in [1.29, 1.82) is 0 Å². The number of nitrogens with one attached hydrogen (secondary N) is 3. The van der Waals surface area contributed by atoms with Gasteiger partial charge in [0.25, 0.3) is 5.91 Å². The molecule has 5 nitrogen and oxygen atoms in total. The number of aromatic nitrogens is 1. The Balaban J connectivity index is 1.45. The van der Waals surface area contributed by atoms with Gasteiger partial charge in [-0.1, -0.05) is 52.3 Å². The van der Waals surface area contributed by atoms with Crippen LogP contribution >= 0.6 is 28.1 Å². The van der Waals surface area contributed by atoms with Crippen molar-refractivity contribution in [3.05, 3.63) is 77.3 Å². The number of nitrogens with zero attached hydrogens (tertiary/aromatic N) is 1. The average Bonchev–Trinajstić information content (AvgIpc) is 3.02. The van der Waals surface area contributed by atoms with Gasteiger partial charge >= 0.3 is 0 Å². The van der Waals surface area contributed by atoms with Crippen LogP contribution in [0.3, 0.4) is 0 Å². The van der Waals surface area contributed by atoms with Gasteiger partial charge in [-0.3, -0.25) is 15.6 Å². The number of carbonyl (C=O) groups excluding carboxylic acids is 1. The molecule has 28 heavy (non-hydrogen) atoms. The standard InChI is InChI=1S/C21H17BrN4OS/c22-14-9-11-15(12-10-14)23-21(28)25-24-20(27)13-26-18-7-3-1-5-16(18)17-6-2-4-8-19(17)26/h1-12H,13H2,(H,24,27)(H2,23,25,28). The first kappa shape index (κ1) is 18.5. The fraction of sp³-hybridized carbons (Fsp3) is 0.0476. The van der Waals surface area contributed by atoms with E-state index in [1.807, 2.05) is 65.2 Å². The molecule has 0 saturated heterocycles. The summed E-state index contributed by atoms with van der Waals surface area (Å²) in [6.07, 6.45) is 0. The van der Waals surface area contributed by atoms with Crippen molar-refractivity contribution >= 4 is 66.7 Å². The lowest BCUT2D eigenvalue weighted by atomic mass is 10.2. The second-order valence-electron chi connectivity index (χ2n) is 6.25. The molecule has 0 aliphatic rings. The molecule has 0 fully saturated rings. The van der Waals surface area contributed by atoms with E-state index in [-0.39, 0.29) is 12.5 Å². The van der Waals surface area contributed by atoms with E-state index in [1.54, 1.807) is 0 Å². The number of halogens is 1. The van der Waals surface area contributed by atoms with Crippen molar-refractivity contribution in [3.63, 3.8) is 0 Å². The maximum atomic E-state index is 12.5. The Kier molecular flexibility index (Phi) is 5.27. The third-order valence-electron chi connectivity index (χ3n) is 4.40. The first-order chi connectivity index (χ1) is 13.6. The van der Waals surface area contributed by atoms with Crippen molar-refractivity contribution < 1.29 is 4.79 Å². The molecule has 3 aromatic carbocycles. The summed E-state index contributed by atoms with van der Waals surface area (Å²) < 4.78 is 2.99. The Morgan fingerprint density at radius 3 is 2.04 bits per heavy atom. The molecule has 4 aromatic rings. The van der Waals surface area contributed by atoms with Gasteiger partial charge in [-0.25, -0.2) is 0 Å². The zero-order valence-corrected chi connectivity index (χ0v) is 17.2. The Morgan fingerprint density at radius 2 is 1.43 bits per heavy atom. The summed E-state index contributed by atoms with van der Waals surface area (Å²) in [4.78, 5) is 12.5. The van der Waals surface area contributed by atoms with Crippen molar-refractivity contribution in [2.24, 2.45) is 0 Å². The van der Waals surface area contributed by atoms with Crippen molar-refractivity contribution in [2.45, 2.75) is 6.54 Å². The quantitative estimate of drug-likeness (QED) is 0.314. The van der Waals surface area contributed by atoms with E-state index in [9.17, 15) is 4.79 Å². The molecule has 0 bridgehead atoms. The zero-order chi connectivity index (χ0) is 19.5. The minimum absolute atomic E-state index is 0.182. The van der Waals surface area contributed by atoms with Gasteiger partial charge in [0.15, 0.2) is 5.11 Å². The van der Waals surface area contributed by atoms with Crippen LogP contribution in [0.1, 0.15) is 0 Å². The smallest absolute Gasteiger partial charge is 0.258 e. The Labute approximate surface area is 175 Å². The summed E-state index contributed by atoms with van der Waals surface area (Å²) in [6.45, 7) is 0.182. The van der Waals surface area contributed by atoms with Gasteiger partial charge < -0.3 is 9.88 Å². The summed E-state index contributed by atoms with van der Waals surface area (Å²) in [6, 6.07) is 23.7. The maximum absolute atomic E-state index is 12.5. The predicted molar refractivity (Wildman–Crippen MR) is 121 cm³/mol. The second kappa shape index (κ2) is 8.00. The molecule has 0 unspecified atom stereocenters. The van der Waals surface area contributed by atoms with E-state index in [2.05, 4.69) is 44.2 Å². The number of para-hydroxylation sites is 2. The number of benzene rings is 3. The first-order valence-electron chi connectivity index (χ1n) is 8.69. The predicted octanol–water partition coefficient (Wildman–Crippen LogP) is 4.57. The summed E-state index contributed by atoms with van der Waals surface area (Å²) in [5, 5.41) is 5.60. The molecule has 0 spiro atoms. The third kappa shape index (κ3) is 3.85. The van der Waals surface area contributed by atoms with E-state index in [0.717, 1.165) is 32.0 Å². The van der Waals surface area contributed by atoms with Crippen LogP contribution in [0.5, 0.6) is 0 Å². The van der Waals surface area contributed by atoms with Crippen molar-refractivity contribution in [3.8, 4) is 0 Å². The fourth-order valence-electron chi connectivity index (χ4n) is 3.18. The van der Waals surface area contributed by atoms with Crippen LogP contribution < -0.4 is 16.2 Å². The maximum Gasteiger partial charge on any atom is 0.258 e. The molecule has 1 aromatic heterocycles. The highest BCUT2D eigenvalue weighted by molar-refractivity contribution is 9.10. The molecule has 0 aliphatic carbocycles. The molecule has 7 heteroatoms. The monoisotopic (exact) mass is 452 g/mol. The van der Waals surface area contributed by atoms with Crippen LogP contribution in [-0.2, 0) is 11.3 Å². The molecular formula is C21H17BrN4OS. The second-order valence-corrected chi connectivity index (χ2v) is 7.58. The van der Waals surface area contributed by atoms with Gasteiger partial charge in [0.05, 0.1) is 0 Å². The summed E-state index contributed by atoms with van der Waals surface area (Å²) in [7, 11) is 0. The molecule has 140 valence electrons. The number of rotatable bonds is 3. The zero-order valence-electron chi connectivity index (χ0n) is 14.8. The van der Waals surface area contributed by atoms with E-state index in [0.29, 0.717) is 5.11 Å². The van der Waals surface area contributed by atoms with Gasteiger partial charge in [0.1, 0.15) is 6.54 Å². The van der Waals surface area contributed by atoms with Gasteiger partial charge in [-0.15, -0.1) is 0 Å². The number of hydrogen-bond donors (Lipinski definition) is 3. The fourth-order valence-corrected chi connectivity index (χ4v) is 3.61. The largest absolute Gasteiger partial charge is 0.331 e. The lowest BCUT2D eigenvalue weighted by Crippen LogP contribution is -2.45. The number of anilines is 1. The van der Waals surface area contributed by atoms with E-state index >= 15 is 0 Å². The van der Waals surface area contributed by atoms with Gasteiger partial charge in [-0.2, -0.15) is 0 Å². The van der Waals surface area contributed by atoms with E-state index in [4.69, 9.17) is 12.2 Å². The Morgan fingerprint density at radius 1 is 0.857 bits per heavy atom. The third-order valence-corrected chi connectivity index (χ3v) is 5.13. The Hall–Kier alpha value is -2.90. The van der Waals surface area contributed by atoms with Gasteiger partial charge in [0, 0.05) is 32.0 Å². The summed E-state index contributed by atoms with van der Waals surface area (Å²) in [5.41, 5.74) is 8.28. The molecule has 0 atom stereocenters. The Bertz CT molecular complexity index is 1120. The molecule has 0 saturated carbocycles. The van der Waals surface area contributed by atoms with E-state index < -0.39 is 0 Å². The van der Waals surface area contributed by atoms with Crippen molar-refractivity contribution in [1.82, 2.24) is 15.4 Å². The molecule has 1 heterocycles. The van der Waals surface area contributed by atoms with Crippen LogP contribution in [-0.4, -0.2) is 15.6 Å². The number of thiocarbonyl (C=S) groups is 1. The van der Waals surface area contributed by atoms with Crippen molar-refractivity contribution in [2.75, 3.05) is 5.32 Å². The lowest BCUT2D eigenvalue weighted by Gasteiger charge is -2.13. The minimum Gasteiger partial charge on any atom is -0.331 e. The molecule has 1 amide bonds. The highest BCUT2D eigenvalue weighted by Gasteiger charge is 2.12. The van der Waals surface area contributed by atoms with Crippen LogP contribution in [0.2, 0.25) is 0 Å². The molecule has 0 aliphatic heterocycles. The molecular weight excluding hydrogens is 436 g/mol. The minimum atomic E-state index is -0.188. The summed E-state index contributed by atoms with van der Waals surface area (Å²) >= 11 is 8.62. The van der Waals surface area contributed by atoms with Gasteiger partial charge in [-0.05, 0) is 48.6 Å². The van der Waals surface area contributed by atoms with Crippen LogP contribution in [0, 0.1) is 0 Å². The normalized spacial score (nSPS) is 10.8. The molecule has 4 rings (SSSR count). The SMILES string of the molecule is O=C(Cn1c2ccccc2c2ccccc21)NNC(=S)Nc1ccc(Br)cc1. The lowest BCUT2D eigenvalue weighted by molar-refractivity contribution is -0.122. The highest BCUT2D eigenvalue weighted by Crippen LogP contribution is 2.28. The van der Waals surface area contributed by atoms with Gasteiger partial charge in [0.2, 0.25) is 0 Å². The molecule has 0 radical (unpaired) electrons. The average molecular weight is 453 g/mol. The number of hydrogen-bond acceptors (Lipinski definition) is 2. The number of hydrazine groups is 1. The first-order valence-corrected chi connectivity index (χ1v) is 9.89. The summed E-state index contributed by atoms with van der Waals surface area (Å²) in [5.74, 6) is -0.188. The number of amides is 1. The number of fused-ring (bicyclic) bond motifs is 3. The van der Waals surface area contributed by atoms with Crippen LogP contribution in [0.25, 0.3) is 21.8 Å². The van der Waals surface area contributed by atoms with E-state index in [1.165, 1.54) is 0 Å². The topological polar surface area (TPSA) is 58.1 Å². The highest BCUT2D eigenvalue weighted by atomic mass is 79.9. The number of carbonyl (C=O) groups is 1.